The van der Waals surface area contributed by atoms with E-state index >= 15 is 0 Å². The topological polar surface area (TPSA) is 35.6 Å². The number of benzene rings is 3. The zero-order chi connectivity index (χ0) is 20.1. The Kier molecular flexibility index (Phi) is 4.03. The predicted molar refractivity (Wildman–Crippen MR) is 123 cm³/mol. The Labute approximate surface area is 179 Å². The number of anilines is 2. The molecule has 30 heavy (non-hydrogen) atoms. The molecule has 1 fully saturated rings. The number of hydrogen-bond acceptors (Lipinski definition) is 4. The fourth-order valence-corrected chi connectivity index (χ4v) is 5.84. The van der Waals surface area contributed by atoms with Crippen LogP contribution in [0.2, 0.25) is 0 Å². The summed E-state index contributed by atoms with van der Waals surface area (Å²) in [5, 5.41) is 3.06. The molecule has 2 aliphatic heterocycles. The molecule has 0 spiro atoms. The van der Waals surface area contributed by atoms with Gasteiger partial charge >= 0.3 is 0 Å². The van der Waals surface area contributed by atoms with Crippen LogP contribution in [0.4, 0.5) is 11.4 Å². The molecule has 5 heteroatoms. The zero-order valence-electron chi connectivity index (χ0n) is 16.4. The number of carbonyl (C=O) groups is 1. The highest BCUT2D eigenvalue weighted by Gasteiger charge is 2.49. The maximum atomic E-state index is 13.6. The number of nitrogens with zero attached hydrogens (tertiary/aromatic N) is 2. The standard InChI is InChI=1S/C25H21N3OS/c29-25-21-15-14-17-8-4-6-12-20(17)27(21)24(28(25)26-19-10-2-1-3-11-19)23-16-18-9-5-7-13-22(18)30-23/h1-13,16,21,24,26H,14-15H2/t21?,24-/m1/s1. The summed E-state index contributed by atoms with van der Waals surface area (Å²) in [5.74, 6) is 0.135. The average molecular weight is 412 g/mol. The number of amides is 1. The van der Waals surface area contributed by atoms with E-state index in [9.17, 15) is 4.79 Å². The van der Waals surface area contributed by atoms with Crippen LogP contribution in [0.5, 0.6) is 0 Å². The number of nitrogens with one attached hydrogen (secondary N) is 1. The first kappa shape index (κ1) is 17.5. The van der Waals surface area contributed by atoms with E-state index in [0.29, 0.717) is 0 Å². The molecule has 1 unspecified atom stereocenters. The Bertz CT molecular complexity index is 1200. The molecule has 0 radical (unpaired) electrons. The van der Waals surface area contributed by atoms with E-state index in [0.717, 1.165) is 18.5 Å². The average Bonchev–Trinajstić information content (AvgIpc) is 3.34. The second-order valence-corrected chi connectivity index (χ2v) is 8.95. The zero-order valence-corrected chi connectivity index (χ0v) is 17.2. The van der Waals surface area contributed by atoms with Crippen LogP contribution in [-0.4, -0.2) is 17.0 Å². The van der Waals surface area contributed by atoms with Gasteiger partial charge in [-0.2, -0.15) is 0 Å². The minimum atomic E-state index is -0.179. The van der Waals surface area contributed by atoms with Gasteiger partial charge in [-0.25, -0.2) is 5.01 Å². The molecule has 0 bridgehead atoms. The van der Waals surface area contributed by atoms with Gasteiger partial charge in [-0.15, -0.1) is 11.3 Å². The van der Waals surface area contributed by atoms with Crippen molar-refractivity contribution in [1.29, 1.82) is 0 Å². The van der Waals surface area contributed by atoms with Crippen LogP contribution in [0.3, 0.4) is 0 Å². The highest BCUT2D eigenvalue weighted by molar-refractivity contribution is 7.19. The summed E-state index contributed by atoms with van der Waals surface area (Å²) in [7, 11) is 0. The van der Waals surface area contributed by atoms with Crippen molar-refractivity contribution >= 4 is 38.7 Å². The second kappa shape index (κ2) is 6.89. The third-order valence-corrected chi connectivity index (χ3v) is 7.20. The number of aryl methyl sites for hydroxylation is 1. The van der Waals surface area contributed by atoms with Gasteiger partial charge in [0.15, 0.2) is 6.17 Å². The Morgan fingerprint density at radius 3 is 2.53 bits per heavy atom. The first-order chi connectivity index (χ1) is 14.8. The van der Waals surface area contributed by atoms with E-state index in [1.54, 1.807) is 11.3 Å². The molecule has 2 aliphatic rings. The molecule has 3 aromatic carbocycles. The summed E-state index contributed by atoms with van der Waals surface area (Å²) in [4.78, 5) is 17.1. The Morgan fingerprint density at radius 1 is 0.900 bits per heavy atom. The van der Waals surface area contributed by atoms with Crippen molar-refractivity contribution in [3.05, 3.63) is 95.4 Å². The maximum absolute atomic E-state index is 13.6. The number of hydrogen-bond donors (Lipinski definition) is 1. The SMILES string of the molecule is O=C1C2CCc3ccccc3N2[C@@H](c2cc3ccccc3s2)N1Nc1ccccc1. The number of para-hydroxylation sites is 2. The van der Waals surface area contributed by atoms with Crippen LogP contribution in [0, 0.1) is 0 Å². The molecule has 4 aromatic rings. The molecule has 3 heterocycles. The van der Waals surface area contributed by atoms with E-state index in [2.05, 4.69) is 64.9 Å². The maximum Gasteiger partial charge on any atom is 0.266 e. The van der Waals surface area contributed by atoms with Gasteiger partial charge in [0.25, 0.3) is 5.91 Å². The van der Waals surface area contributed by atoms with Gasteiger partial charge < -0.3 is 4.90 Å². The largest absolute Gasteiger partial charge is 0.333 e. The molecule has 148 valence electrons. The normalized spacial score (nSPS) is 20.3. The van der Waals surface area contributed by atoms with Gasteiger partial charge in [0.1, 0.15) is 6.04 Å². The molecular weight excluding hydrogens is 390 g/mol. The molecule has 1 N–H and O–H groups in total. The quantitative estimate of drug-likeness (QED) is 0.477. The van der Waals surface area contributed by atoms with Crippen molar-refractivity contribution in [1.82, 2.24) is 5.01 Å². The lowest BCUT2D eigenvalue weighted by Gasteiger charge is -2.36. The minimum absolute atomic E-state index is 0.135. The van der Waals surface area contributed by atoms with Gasteiger partial charge in [0, 0.05) is 10.4 Å². The fourth-order valence-electron chi connectivity index (χ4n) is 4.69. The van der Waals surface area contributed by atoms with Gasteiger partial charge in [0.05, 0.1) is 10.6 Å². The van der Waals surface area contributed by atoms with Crippen LogP contribution in [0.25, 0.3) is 10.1 Å². The van der Waals surface area contributed by atoms with Gasteiger partial charge in [0.2, 0.25) is 0 Å². The van der Waals surface area contributed by atoms with E-state index in [1.807, 2.05) is 35.3 Å². The second-order valence-electron chi connectivity index (χ2n) is 7.84. The van der Waals surface area contributed by atoms with Crippen LogP contribution >= 0.6 is 11.3 Å². The van der Waals surface area contributed by atoms with E-state index < -0.39 is 0 Å². The van der Waals surface area contributed by atoms with Crippen LogP contribution < -0.4 is 10.3 Å². The van der Waals surface area contributed by atoms with E-state index in [1.165, 1.54) is 26.2 Å². The number of carbonyl (C=O) groups excluding carboxylic acids is 1. The monoisotopic (exact) mass is 411 g/mol. The van der Waals surface area contributed by atoms with Crippen molar-refractivity contribution in [3.8, 4) is 0 Å². The predicted octanol–water partition coefficient (Wildman–Crippen LogP) is 5.59. The lowest BCUT2D eigenvalue weighted by Crippen LogP contribution is -2.38. The van der Waals surface area contributed by atoms with Crippen LogP contribution in [-0.2, 0) is 11.2 Å². The fraction of sp³-hybridized carbons (Fsp3) is 0.160. The van der Waals surface area contributed by atoms with Crippen molar-refractivity contribution in [2.24, 2.45) is 0 Å². The lowest BCUT2D eigenvalue weighted by atomic mass is 9.96. The van der Waals surface area contributed by atoms with Crippen molar-refractivity contribution in [2.75, 3.05) is 10.3 Å². The summed E-state index contributed by atoms with van der Waals surface area (Å²) in [6.07, 6.45) is 1.59. The summed E-state index contributed by atoms with van der Waals surface area (Å²) < 4.78 is 1.24. The van der Waals surface area contributed by atoms with Crippen molar-refractivity contribution in [3.63, 3.8) is 0 Å². The highest BCUT2D eigenvalue weighted by Crippen LogP contribution is 2.46. The number of rotatable bonds is 3. The molecule has 0 aliphatic carbocycles. The van der Waals surface area contributed by atoms with Crippen molar-refractivity contribution < 1.29 is 4.79 Å². The molecule has 4 nitrogen and oxygen atoms in total. The Morgan fingerprint density at radius 2 is 1.67 bits per heavy atom. The van der Waals surface area contributed by atoms with Gasteiger partial charge in [-0.05, 0) is 54.1 Å². The Balaban J connectivity index is 1.51. The Hall–Kier alpha value is -3.31. The summed E-state index contributed by atoms with van der Waals surface area (Å²) in [6, 6.07) is 29.0. The van der Waals surface area contributed by atoms with Gasteiger partial charge in [-0.3, -0.25) is 10.2 Å². The van der Waals surface area contributed by atoms with Crippen LogP contribution in [0.1, 0.15) is 23.0 Å². The molecule has 0 saturated carbocycles. The number of fused-ring (bicyclic) bond motifs is 4. The van der Waals surface area contributed by atoms with Crippen molar-refractivity contribution in [2.45, 2.75) is 25.0 Å². The summed E-state index contributed by atoms with van der Waals surface area (Å²) >= 11 is 1.77. The summed E-state index contributed by atoms with van der Waals surface area (Å²) in [6.45, 7) is 0. The highest BCUT2D eigenvalue weighted by atomic mass is 32.1. The molecule has 1 amide bonds. The first-order valence-electron chi connectivity index (χ1n) is 10.3. The van der Waals surface area contributed by atoms with Crippen LogP contribution in [0.15, 0.2) is 84.9 Å². The van der Waals surface area contributed by atoms with E-state index in [4.69, 9.17) is 0 Å². The molecule has 1 aromatic heterocycles. The minimum Gasteiger partial charge on any atom is -0.333 e. The number of hydrazine groups is 1. The number of thiophene rings is 1. The van der Waals surface area contributed by atoms with Gasteiger partial charge in [-0.1, -0.05) is 54.6 Å². The summed E-state index contributed by atoms with van der Waals surface area (Å²) in [5.41, 5.74) is 6.82. The molecule has 1 saturated heterocycles. The molecular formula is C25H21N3OS. The lowest BCUT2D eigenvalue weighted by molar-refractivity contribution is -0.128. The molecule has 2 atom stereocenters. The third-order valence-electron chi connectivity index (χ3n) is 6.05. The third kappa shape index (κ3) is 2.70. The van der Waals surface area contributed by atoms with E-state index in [-0.39, 0.29) is 18.1 Å². The first-order valence-corrected chi connectivity index (χ1v) is 11.1. The molecule has 6 rings (SSSR count). The smallest absolute Gasteiger partial charge is 0.266 e.